The minimum absolute atomic E-state index is 0.107. The van der Waals surface area contributed by atoms with Crippen molar-refractivity contribution in [3.8, 4) is 5.69 Å². The number of nitrogens with one attached hydrogen (secondary N) is 2. The molecule has 1 amide bonds. The molecule has 2 N–H and O–H groups in total. The molecule has 0 fully saturated rings. The maximum atomic E-state index is 12.9. The summed E-state index contributed by atoms with van der Waals surface area (Å²) in [7, 11) is 0. The Hall–Kier alpha value is -3.60. The van der Waals surface area contributed by atoms with Crippen molar-refractivity contribution in [3.63, 3.8) is 0 Å². The lowest BCUT2D eigenvalue weighted by Crippen LogP contribution is -2.30. The van der Waals surface area contributed by atoms with Crippen molar-refractivity contribution in [1.29, 1.82) is 0 Å². The standard InChI is InChI=1S/C22H20N4O/c27-22(18-9-6-10-19(15-18)26-13-4-5-14-26)25-20(16-21-23-11-12-24-21)17-7-2-1-3-8-17/h1-15,20H,16H2,(H,23,24)(H,25,27)/t20-/m1/s1. The Balaban J connectivity index is 1.57. The van der Waals surface area contributed by atoms with Gasteiger partial charge in [0.1, 0.15) is 5.82 Å². The van der Waals surface area contributed by atoms with Crippen molar-refractivity contribution in [2.45, 2.75) is 12.5 Å². The van der Waals surface area contributed by atoms with E-state index in [-0.39, 0.29) is 11.9 Å². The van der Waals surface area contributed by atoms with Crippen molar-refractivity contribution >= 4 is 5.91 Å². The molecular weight excluding hydrogens is 336 g/mol. The van der Waals surface area contributed by atoms with Gasteiger partial charge in [0.15, 0.2) is 0 Å². The van der Waals surface area contributed by atoms with Crippen molar-refractivity contribution in [3.05, 3.63) is 108 Å². The van der Waals surface area contributed by atoms with Crippen LogP contribution in [0.2, 0.25) is 0 Å². The lowest BCUT2D eigenvalue weighted by molar-refractivity contribution is 0.0936. The number of aromatic amines is 1. The van der Waals surface area contributed by atoms with E-state index in [9.17, 15) is 4.79 Å². The van der Waals surface area contributed by atoms with Crippen LogP contribution in [0.1, 0.15) is 27.8 Å². The number of hydrogen-bond donors (Lipinski definition) is 2. The van der Waals surface area contributed by atoms with Crippen LogP contribution in [-0.4, -0.2) is 20.4 Å². The van der Waals surface area contributed by atoms with Crippen LogP contribution in [0.5, 0.6) is 0 Å². The van der Waals surface area contributed by atoms with Gasteiger partial charge in [-0.05, 0) is 35.9 Å². The topological polar surface area (TPSA) is 62.7 Å². The Kier molecular flexibility index (Phi) is 4.83. The fourth-order valence-corrected chi connectivity index (χ4v) is 3.10. The number of hydrogen-bond acceptors (Lipinski definition) is 2. The zero-order chi connectivity index (χ0) is 18.5. The van der Waals surface area contributed by atoms with E-state index in [0.717, 1.165) is 17.1 Å². The predicted octanol–water partition coefficient (Wildman–Crippen LogP) is 3.91. The summed E-state index contributed by atoms with van der Waals surface area (Å²) < 4.78 is 1.98. The molecule has 0 aliphatic rings. The largest absolute Gasteiger partial charge is 0.349 e. The van der Waals surface area contributed by atoms with Gasteiger partial charge in [-0.2, -0.15) is 0 Å². The molecule has 0 radical (unpaired) electrons. The second kappa shape index (κ2) is 7.74. The average molecular weight is 356 g/mol. The molecule has 1 atom stereocenters. The molecule has 4 rings (SSSR count). The van der Waals surface area contributed by atoms with Crippen molar-refractivity contribution in [1.82, 2.24) is 19.9 Å². The summed E-state index contributed by atoms with van der Waals surface area (Å²) in [4.78, 5) is 20.3. The predicted molar refractivity (Wildman–Crippen MR) is 105 cm³/mol. The highest BCUT2D eigenvalue weighted by Gasteiger charge is 2.17. The lowest BCUT2D eigenvalue weighted by Gasteiger charge is -2.19. The molecule has 0 unspecified atom stereocenters. The maximum absolute atomic E-state index is 12.9. The SMILES string of the molecule is O=C(N[C@H](Cc1ncc[nH]1)c1ccccc1)c1cccc(-n2cccc2)c1. The Labute approximate surface area is 157 Å². The van der Waals surface area contributed by atoms with E-state index >= 15 is 0 Å². The molecular formula is C22H20N4O. The molecule has 134 valence electrons. The second-order valence-electron chi connectivity index (χ2n) is 6.32. The smallest absolute Gasteiger partial charge is 0.251 e. The minimum atomic E-state index is -0.167. The molecule has 0 saturated heterocycles. The molecule has 0 aliphatic heterocycles. The Morgan fingerprint density at radius 2 is 1.85 bits per heavy atom. The summed E-state index contributed by atoms with van der Waals surface area (Å²) >= 11 is 0. The number of carbonyl (C=O) groups is 1. The first-order valence-corrected chi connectivity index (χ1v) is 8.87. The van der Waals surface area contributed by atoms with Crippen LogP contribution in [0.4, 0.5) is 0 Å². The van der Waals surface area contributed by atoms with Gasteiger partial charge in [-0.25, -0.2) is 4.98 Å². The molecule has 4 aromatic rings. The van der Waals surface area contributed by atoms with Crippen LogP contribution in [0.3, 0.4) is 0 Å². The van der Waals surface area contributed by atoms with Gasteiger partial charge in [0.05, 0.1) is 6.04 Å². The van der Waals surface area contributed by atoms with E-state index < -0.39 is 0 Å². The average Bonchev–Trinajstić information content (AvgIpc) is 3.42. The molecule has 0 spiro atoms. The number of benzene rings is 2. The molecule has 2 heterocycles. The Morgan fingerprint density at radius 3 is 2.59 bits per heavy atom. The third kappa shape index (κ3) is 3.98. The number of carbonyl (C=O) groups excluding carboxylic acids is 1. The Morgan fingerprint density at radius 1 is 1.04 bits per heavy atom. The van der Waals surface area contributed by atoms with Crippen LogP contribution < -0.4 is 5.32 Å². The molecule has 0 saturated carbocycles. The summed E-state index contributed by atoms with van der Waals surface area (Å²) in [6, 6.07) is 21.3. The molecule has 0 aliphatic carbocycles. The monoisotopic (exact) mass is 356 g/mol. The zero-order valence-corrected chi connectivity index (χ0v) is 14.7. The molecule has 5 nitrogen and oxygen atoms in total. The van der Waals surface area contributed by atoms with Gasteiger partial charge in [-0.1, -0.05) is 36.4 Å². The summed E-state index contributed by atoms with van der Waals surface area (Å²) in [5.41, 5.74) is 2.63. The lowest BCUT2D eigenvalue weighted by atomic mass is 10.0. The van der Waals surface area contributed by atoms with E-state index in [1.54, 1.807) is 12.4 Å². The second-order valence-corrected chi connectivity index (χ2v) is 6.32. The van der Waals surface area contributed by atoms with Crippen molar-refractivity contribution in [2.24, 2.45) is 0 Å². The molecule has 0 bridgehead atoms. The zero-order valence-electron chi connectivity index (χ0n) is 14.7. The van der Waals surface area contributed by atoms with Crippen LogP contribution in [0.15, 0.2) is 91.5 Å². The highest BCUT2D eigenvalue weighted by atomic mass is 16.1. The quantitative estimate of drug-likeness (QED) is 0.550. The van der Waals surface area contributed by atoms with Gasteiger partial charge in [0.25, 0.3) is 5.91 Å². The normalized spacial score (nSPS) is 11.9. The summed E-state index contributed by atoms with van der Waals surface area (Å²) in [6.45, 7) is 0. The first-order chi connectivity index (χ1) is 13.3. The van der Waals surface area contributed by atoms with Crippen LogP contribution in [0, 0.1) is 0 Å². The van der Waals surface area contributed by atoms with Crippen LogP contribution in [-0.2, 0) is 6.42 Å². The first kappa shape index (κ1) is 16.8. The minimum Gasteiger partial charge on any atom is -0.349 e. The van der Waals surface area contributed by atoms with Gasteiger partial charge in [0, 0.05) is 42.5 Å². The molecule has 2 aromatic carbocycles. The van der Waals surface area contributed by atoms with Gasteiger partial charge < -0.3 is 14.9 Å². The van der Waals surface area contributed by atoms with Crippen molar-refractivity contribution < 1.29 is 4.79 Å². The highest BCUT2D eigenvalue weighted by molar-refractivity contribution is 5.95. The number of aromatic nitrogens is 3. The molecule has 2 aromatic heterocycles. The first-order valence-electron chi connectivity index (χ1n) is 8.87. The van der Waals surface area contributed by atoms with Crippen LogP contribution >= 0.6 is 0 Å². The summed E-state index contributed by atoms with van der Waals surface area (Å²) in [6.07, 6.45) is 8.03. The fraction of sp³-hybridized carbons (Fsp3) is 0.0909. The van der Waals surface area contributed by atoms with Gasteiger partial charge in [-0.15, -0.1) is 0 Å². The van der Waals surface area contributed by atoms with E-state index in [4.69, 9.17) is 0 Å². The molecule has 5 heteroatoms. The van der Waals surface area contributed by atoms with Crippen molar-refractivity contribution in [2.75, 3.05) is 0 Å². The third-order valence-corrected chi connectivity index (χ3v) is 4.47. The Bertz CT molecular complexity index is 992. The van der Waals surface area contributed by atoms with E-state index in [1.165, 1.54) is 0 Å². The maximum Gasteiger partial charge on any atom is 0.251 e. The van der Waals surface area contributed by atoms with Gasteiger partial charge >= 0.3 is 0 Å². The number of H-pyrrole nitrogens is 1. The van der Waals surface area contributed by atoms with E-state index in [0.29, 0.717) is 12.0 Å². The van der Waals surface area contributed by atoms with Gasteiger partial charge in [-0.3, -0.25) is 4.79 Å². The highest BCUT2D eigenvalue weighted by Crippen LogP contribution is 2.18. The summed E-state index contributed by atoms with van der Waals surface area (Å²) in [5.74, 6) is 0.731. The fourth-order valence-electron chi connectivity index (χ4n) is 3.10. The van der Waals surface area contributed by atoms with E-state index in [2.05, 4.69) is 15.3 Å². The molecule has 27 heavy (non-hydrogen) atoms. The number of nitrogens with zero attached hydrogens (tertiary/aromatic N) is 2. The van der Waals surface area contributed by atoms with E-state index in [1.807, 2.05) is 83.7 Å². The number of amides is 1. The number of imidazole rings is 1. The third-order valence-electron chi connectivity index (χ3n) is 4.47. The summed E-state index contributed by atoms with van der Waals surface area (Å²) in [5, 5.41) is 3.15. The van der Waals surface area contributed by atoms with Gasteiger partial charge in [0.2, 0.25) is 0 Å². The number of rotatable bonds is 6. The van der Waals surface area contributed by atoms with Crippen LogP contribution in [0.25, 0.3) is 5.69 Å².